The second-order valence-electron chi connectivity index (χ2n) is 11.7. The van der Waals surface area contributed by atoms with Gasteiger partial charge in [0, 0.05) is 0 Å². The van der Waals surface area contributed by atoms with Gasteiger partial charge in [0.2, 0.25) is 0 Å². The number of rotatable bonds is 13. The van der Waals surface area contributed by atoms with Crippen LogP contribution in [-0.4, -0.2) is 5.97 Å². The molecule has 1 saturated carbocycles. The molecule has 0 bridgehead atoms. The third-order valence-electron chi connectivity index (χ3n) is 8.79. The fourth-order valence-electron chi connectivity index (χ4n) is 6.18. The van der Waals surface area contributed by atoms with Crippen LogP contribution in [0.3, 0.4) is 0 Å². The minimum atomic E-state index is -0.284. The van der Waals surface area contributed by atoms with Crippen molar-refractivity contribution in [3.8, 4) is 5.75 Å². The molecule has 1 atom stereocenters. The molecule has 204 valence electrons. The summed E-state index contributed by atoms with van der Waals surface area (Å²) >= 11 is 0. The van der Waals surface area contributed by atoms with Crippen LogP contribution < -0.4 is 4.74 Å². The van der Waals surface area contributed by atoms with E-state index in [4.69, 9.17) is 4.74 Å². The number of benzene rings is 3. The minimum Gasteiger partial charge on any atom is -0.423 e. The van der Waals surface area contributed by atoms with Crippen LogP contribution in [0.5, 0.6) is 5.75 Å². The summed E-state index contributed by atoms with van der Waals surface area (Å²) in [4.78, 5) is 12.9. The predicted octanol–water partition coefficient (Wildman–Crippen LogP) is 11.0. The molecule has 0 aromatic heterocycles. The topological polar surface area (TPSA) is 26.3 Å². The van der Waals surface area contributed by atoms with Gasteiger partial charge in [-0.1, -0.05) is 109 Å². The third-order valence-corrected chi connectivity index (χ3v) is 8.79. The fraction of sp³-hybridized carbons (Fsp3) is 0.528. The first-order chi connectivity index (χ1) is 18.6. The van der Waals surface area contributed by atoms with Crippen molar-refractivity contribution in [2.75, 3.05) is 0 Å². The van der Waals surface area contributed by atoms with Crippen molar-refractivity contribution in [2.45, 2.75) is 116 Å². The van der Waals surface area contributed by atoms with Crippen LogP contribution in [0.15, 0.2) is 60.7 Å². The molecule has 2 heteroatoms. The zero-order valence-corrected chi connectivity index (χ0v) is 24.0. The fourth-order valence-corrected chi connectivity index (χ4v) is 6.18. The van der Waals surface area contributed by atoms with E-state index in [-0.39, 0.29) is 5.97 Å². The van der Waals surface area contributed by atoms with Gasteiger partial charge in [0.1, 0.15) is 5.75 Å². The SMILES string of the molecule is CCCCCC[C@@H](C)c1ccc2cc(OC(=O)c3ccc(C4CCC(CCCCC)CC4)cc3)ccc2c1. The molecule has 1 aliphatic carbocycles. The number of unbranched alkanes of at least 4 members (excludes halogenated alkanes) is 5. The maximum absolute atomic E-state index is 12.9. The molecule has 0 spiro atoms. The van der Waals surface area contributed by atoms with Gasteiger partial charge in [-0.3, -0.25) is 0 Å². The largest absolute Gasteiger partial charge is 0.423 e. The average molecular weight is 513 g/mol. The van der Waals surface area contributed by atoms with Crippen LogP contribution >= 0.6 is 0 Å². The molecule has 0 unspecified atom stereocenters. The lowest BCUT2D eigenvalue weighted by Crippen LogP contribution is -2.14. The van der Waals surface area contributed by atoms with Gasteiger partial charge in [0.05, 0.1) is 5.56 Å². The first-order valence-electron chi connectivity index (χ1n) is 15.4. The third kappa shape index (κ3) is 7.95. The summed E-state index contributed by atoms with van der Waals surface area (Å²) in [6.45, 7) is 6.87. The Kier molecular flexibility index (Phi) is 10.9. The molecule has 4 rings (SSSR count). The van der Waals surface area contributed by atoms with Gasteiger partial charge >= 0.3 is 5.97 Å². The van der Waals surface area contributed by atoms with Crippen molar-refractivity contribution in [3.63, 3.8) is 0 Å². The van der Waals surface area contributed by atoms with Crippen molar-refractivity contribution in [1.82, 2.24) is 0 Å². The van der Waals surface area contributed by atoms with Gasteiger partial charge in [-0.2, -0.15) is 0 Å². The number of hydrogen-bond donors (Lipinski definition) is 0. The molecule has 0 saturated heterocycles. The predicted molar refractivity (Wildman–Crippen MR) is 161 cm³/mol. The number of esters is 1. The summed E-state index contributed by atoms with van der Waals surface area (Å²) in [5, 5.41) is 2.31. The van der Waals surface area contributed by atoms with Gasteiger partial charge in [-0.05, 0) is 96.0 Å². The van der Waals surface area contributed by atoms with Gasteiger partial charge in [0.25, 0.3) is 0 Å². The Morgan fingerprint density at radius 1 is 0.789 bits per heavy atom. The molecule has 0 aliphatic heterocycles. The van der Waals surface area contributed by atoms with E-state index in [1.165, 1.54) is 100.0 Å². The summed E-state index contributed by atoms with van der Waals surface area (Å²) in [6, 6.07) is 20.8. The van der Waals surface area contributed by atoms with Gasteiger partial charge in [0.15, 0.2) is 0 Å². The lowest BCUT2D eigenvalue weighted by molar-refractivity contribution is 0.0735. The molecule has 0 N–H and O–H groups in total. The normalized spacial score (nSPS) is 18.4. The minimum absolute atomic E-state index is 0.284. The summed E-state index contributed by atoms with van der Waals surface area (Å²) in [5.41, 5.74) is 3.38. The van der Waals surface area contributed by atoms with E-state index in [9.17, 15) is 4.79 Å². The molecule has 0 heterocycles. The Morgan fingerprint density at radius 2 is 1.47 bits per heavy atom. The maximum atomic E-state index is 12.9. The van der Waals surface area contributed by atoms with Crippen LogP contribution in [0.1, 0.15) is 138 Å². The zero-order chi connectivity index (χ0) is 26.7. The highest BCUT2D eigenvalue weighted by Crippen LogP contribution is 2.38. The number of hydrogen-bond acceptors (Lipinski definition) is 2. The highest BCUT2D eigenvalue weighted by atomic mass is 16.5. The van der Waals surface area contributed by atoms with Gasteiger partial charge in [-0.25, -0.2) is 4.79 Å². The van der Waals surface area contributed by atoms with Crippen molar-refractivity contribution in [3.05, 3.63) is 77.4 Å². The number of ether oxygens (including phenoxy) is 1. The van der Waals surface area contributed by atoms with Crippen LogP contribution in [0, 0.1) is 5.92 Å². The quantitative estimate of drug-likeness (QED) is 0.129. The standard InChI is InChI=1S/C36H48O2/c1-4-6-8-10-11-27(3)32-21-22-34-26-35(24-23-33(34)25-32)38-36(37)31-19-17-30(18-20-31)29-15-13-28(14-16-29)12-9-7-5-2/h17-29H,4-16H2,1-3H3/t27-,28?,29?/m1/s1. The van der Waals surface area contributed by atoms with Crippen LogP contribution in [0.25, 0.3) is 10.8 Å². The average Bonchev–Trinajstić information content (AvgIpc) is 2.95. The van der Waals surface area contributed by atoms with E-state index in [1.54, 1.807) is 0 Å². The molecular weight excluding hydrogens is 464 g/mol. The number of carbonyl (C=O) groups is 1. The first kappa shape index (κ1) is 28.4. The molecule has 2 nitrogen and oxygen atoms in total. The molecular formula is C36H48O2. The van der Waals surface area contributed by atoms with E-state index in [0.717, 1.165) is 11.3 Å². The van der Waals surface area contributed by atoms with Crippen molar-refractivity contribution >= 4 is 16.7 Å². The molecule has 38 heavy (non-hydrogen) atoms. The monoisotopic (exact) mass is 512 g/mol. The summed E-state index contributed by atoms with van der Waals surface area (Å²) in [6.07, 6.45) is 17.2. The highest BCUT2D eigenvalue weighted by molar-refractivity contribution is 5.92. The van der Waals surface area contributed by atoms with Crippen molar-refractivity contribution < 1.29 is 9.53 Å². The molecule has 1 fully saturated rings. The Morgan fingerprint density at radius 3 is 2.21 bits per heavy atom. The summed E-state index contributed by atoms with van der Waals surface area (Å²) < 4.78 is 5.77. The zero-order valence-electron chi connectivity index (χ0n) is 24.0. The maximum Gasteiger partial charge on any atom is 0.343 e. The van der Waals surface area contributed by atoms with Crippen molar-refractivity contribution in [1.29, 1.82) is 0 Å². The Hall–Kier alpha value is -2.61. The molecule has 0 amide bonds. The molecule has 1 aliphatic rings. The van der Waals surface area contributed by atoms with Crippen LogP contribution in [0.4, 0.5) is 0 Å². The van der Waals surface area contributed by atoms with Gasteiger partial charge in [-0.15, -0.1) is 0 Å². The molecule has 0 radical (unpaired) electrons. The number of carbonyl (C=O) groups excluding carboxylic acids is 1. The highest BCUT2D eigenvalue weighted by Gasteiger charge is 2.22. The number of fused-ring (bicyclic) bond motifs is 1. The van der Waals surface area contributed by atoms with E-state index in [2.05, 4.69) is 57.2 Å². The smallest absolute Gasteiger partial charge is 0.343 e. The van der Waals surface area contributed by atoms with Crippen molar-refractivity contribution in [2.24, 2.45) is 5.92 Å². The summed E-state index contributed by atoms with van der Waals surface area (Å²) in [5.74, 6) is 2.44. The van der Waals surface area contributed by atoms with E-state index in [1.807, 2.05) is 24.3 Å². The van der Waals surface area contributed by atoms with Gasteiger partial charge < -0.3 is 4.74 Å². The van der Waals surface area contributed by atoms with Crippen LogP contribution in [-0.2, 0) is 0 Å². The first-order valence-corrected chi connectivity index (χ1v) is 15.4. The van der Waals surface area contributed by atoms with E-state index >= 15 is 0 Å². The second-order valence-corrected chi connectivity index (χ2v) is 11.7. The van der Waals surface area contributed by atoms with Crippen LogP contribution in [0.2, 0.25) is 0 Å². The molecule has 3 aromatic rings. The second kappa shape index (κ2) is 14.5. The summed E-state index contributed by atoms with van der Waals surface area (Å²) in [7, 11) is 0. The lowest BCUT2D eigenvalue weighted by atomic mass is 9.77. The lowest BCUT2D eigenvalue weighted by Gasteiger charge is -2.29. The van der Waals surface area contributed by atoms with E-state index in [0.29, 0.717) is 23.1 Å². The Labute approximate surface area is 231 Å². The Balaban J connectivity index is 1.30. The van der Waals surface area contributed by atoms with E-state index < -0.39 is 0 Å². The molecule has 3 aromatic carbocycles. The Bertz CT molecular complexity index is 1140.